The second-order valence-corrected chi connectivity index (χ2v) is 5.11. The molecule has 1 aromatic heterocycles. The molecule has 3 N–H and O–H groups in total. The molecule has 3 amide bonds. The first-order valence-corrected chi connectivity index (χ1v) is 7.53. The maximum atomic E-state index is 11.9. The highest BCUT2D eigenvalue weighted by Crippen LogP contribution is 2.00. The fourth-order valence-electron chi connectivity index (χ4n) is 1.80. The van der Waals surface area contributed by atoms with Crippen LogP contribution in [0, 0.1) is 0 Å². The molecular weight excluding hydrogens is 324 g/mol. The molecule has 130 valence electrons. The highest BCUT2D eigenvalue weighted by molar-refractivity contribution is 5.95. The molecule has 0 aliphatic rings. The molecule has 2 aromatic rings. The lowest BCUT2D eigenvalue weighted by molar-refractivity contribution is -0.123. The fraction of sp³-hybridized carbons (Fsp3) is 0.176. The van der Waals surface area contributed by atoms with Gasteiger partial charge in [0.2, 0.25) is 0 Å². The number of hydrogen-bond donors (Lipinski definition) is 3. The number of alkyl carbamates (subject to hydrolysis) is 1. The molecule has 2 rings (SSSR count). The molecule has 0 fully saturated rings. The molecule has 0 saturated heterocycles. The van der Waals surface area contributed by atoms with Gasteiger partial charge in [-0.15, -0.1) is 0 Å². The lowest BCUT2D eigenvalue weighted by Gasteiger charge is -2.14. The van der Waals surface area contributed by atoms with Gasteiger partial charge in [-0.3, -0.25) is 25.4 Å². The van der Waals surface area contributed by atoms with Crippen LogP contribution in [0.1, 0.15) is 22.8 Å². The standard InChI is InChI=1S/C17H18N4O4/c1-12(19-17(24)25-11-13-6-3-2-4-7-13)15(22)20-21-16(23)14-8-5-9-18-10-14/h2-10,12H,11H2,1H3,(H,19,24)(H,20,22)(H,21,23). The molecule has 0 saturated carbocycles. The number of carbonyl (C=O) groups is 3. The maximum Gasteiger partial charge on any atom is 0.408 e. The maximum absolute atomic E-state index is 11.9. The second kappa shape index (κ2) is 9.02. The van der Waals surface area contributed by atoms with Gasteiger partial charge in [0.15, 0.2) is 0 Å². The Hall–Kier alpha value is -3.42. The average Bonchev–Trinajstić information content (AvgIpc) is 2.65. The van der Waals surface area contributed by atoms with Crippen LogP contribution in [0.25, 0.3) is 0 Å². The van der Waals surface area contributed by atoms with Crippen LogP contribution in [-0.2, 0) is 16.1 Å². The fourth-order valence-corrected chi connectivity index (χ4v) is 1.80. The van der Waals surface area contributed by atoms with Gasteiger partial charge in [-0.1, -0.05) is 30.3 Å². The number of benzene rings is 1. The molecule has 0 bridgehead atoms. The van der Waals surface area contributed by atoms with Crippen LogP contribution < -0.4 is 16.2 Å². The summed E-state index contributed by atoms with van der Waals surface area (Å²) < 4.78 is 5.02. The summed E-state index contributed by atoms with van der Waals surface area (Å²) >= 11 is 0. The van der Waals surface area contributed by atoms with Gasteiger partial charge in [-0.05, 0) is 24.6 Å². The van der Waals surface area contributed by atoms with Crippen LogP contribution in [0.3, 0.4) is 0 Å². The molecule has 0 aliphatic carbocycles. The zero-order valence-corrected chi connectivity index (χ0v) is 13.6. The molecule has 1 unspecified atom stereocenters. The number of hydrogen-bond acceptors (Lipinski definition) is 5. The molecule has 0 aliphatic heterocycles. The normalized spacial score (nSPS) is 11.1. The van der Waals surface area contributed by atoms with Crippen molar-refractivity contribution in [3.8, 4) is 0 Å². The average molecular weight is 342 g/mol. The number of aromatic nitrogens is 1. The Morgan fingerprint density at radius 1 is 1.08 bits per heavy atom. The van der Waals surface area contributed by atoms with Gasteiger partial charge in [0.25, 0.3) is 11.8 Å². The lowest BCUT2D eigenvalue weighted by Crippen LogP contribution is -2.51. The summed E-state index contributed by atoms with van der Waals surface area (Å²) in [7, 11) is 0. The summed E-state index contributed by atoms with van der Waals surface area (Å²) in [6.07, 6.45) is 2.16. The molecule has 25 heavy (non-hydrogen) atoms. The van der Waals surface area contributed by atoms with Gasteiger partial charge in [-0.25, -0.2) is 4.79 Å². The van der Waals surface area contributed by atoms with E-state index in [1.54, 1.807) is 12.1 Å². The van der Waals surface area contributed by atoms with Crippen molar-refractivity contribution in [1.29, 1.82) is 0 Å². The molecular formula is C17H18N4O4. The largest absolute Gasteiger partial charge is 0.445 e. The minimum absolute atomic E-state index is 0.0960. The lowest BCUT2D eigenvalue weighted by atomic mass is 10.2. The number of ether oxygens (including phenoxy) is 1. The zero-order valence-electron chi connectivity index (χ0n) is 13.6. The zero-order chi connectivity index (χ0) is 18.1. The molecule has 0 radical (unpaired) electrons. The Balaban J connectivity index is 1.72. The van der Waals surface area contributed by atoms with Gasteiger partial charge < -0.3 is 10.1 Å². The monoisotopic (exact) mass is 342 g/mol. The third-order valence-corrected chi connectivity index (χ3v) is 3.16. The number of carbonyl (C=O) groups excluding carboxylic acids is 3. The summed E-state index contributed by atoms with van der Waals surface area (Å²) in [5.41, 5.74) is 5.59. The Morgan fingerprint density at radius 2 is 1.84 bits per heavy atom. The second-order valence-electron chi connectivity index (χ2n) is 5.11. The van der Waals surface area contributed by atoms with E-state index < -0.39 is 23.9 Å². The van der Waals surface area contributed by atoms with Crippen molar-refractivity contribution in [2.24, 2.45) is 0 Å². The number of rotatable bonds is 5. The molecule has 8 heteroatoms. The highest BCUT2D eigenvalue weighted by Gasteiger charge is 2.17. The van der Waals surface area contributed by atoms with Crippen molar-refractivity contribution in [3.63, 3.8) is 0 Å². The van der Waals surface area contributed by atoms with E-state index in [0.29, 0.717) is 5.56 Å². The molecule has 1 atom stereocenters. The van der Waals surface area contributed by atoms with E-state index in [0.717, 1.165) is 5.56 Å². The van der Waals surface area contributed by atoms with Crippen molar-refractivity contribution in [2.45, 2.75) is 19.6 Å². The summed E-state index contributed by atoms with van der Waals surface area (Å²) in [5, 5.41) is 2.38. The molecule has 1 heterocycles. The number of pyridine rings is 1. The van der Waals surface area contributed by atoms with Crippen LogP contribution in [0.15, 0.2) is 54.9 Å². The van der Waals surface area contributed by atoms with E-state index in [2.05, 4.69) is 21.2 Å². The van der Waals surface area contributed by atoms with Crippen molar-refractivity contribution in [2.75, 3.05) is 0 Å². The molecule has 8 nitrogen and oxygen atoms in total. The highest BCUT2D eigenvalue weighted by atomic mass is 16.5. The summed E-state index contributed by atoms with van der Waals surface area (Å²) in [6, 6.07) is 11.4. The van der Waals surface area contributed by atoms with E-state index in [9.17, 15) is 14.4 Å². The SMILES string of the molecule is CC(NC(=O)OCc1ccccc1)C(=O)NNC(=O)c1cccnc1. The van der Waals surface area contributed by atoms with Crippen LogP contribution in [0.4, 0.5) is 4.79 Å². The van der Waals surface area contributed by atoms with Gasteiger partial charge in [0.05, 0.1) is 5.56 Å². The summed E-state index contributed by atoms with van der Waals surface area (Å²) in [6.45, 7) is 1.56. The van der Waals surface area contributed by atoms with Crippen molar-refractivity contribution < 1.29 is 19.1 Å². The first kappa shape index (κ1) is 17.9. The smallest absolute Gasteiger partial charge is 0.408 e. The van der Waals surface area contributed by atoms with Crippen LogP contribution in [0.5, 0.6) is 0 Å². The minimum atomic E-state index is -0.891. The topological polar surface area (TPSA) is 109 Å². The molecule has 0 spiro atoms. The van der Waals surface area contributed by atoms with Crippen LogP contribution in [0.2, 0.25) is 0 Å². The minimum Gasteiger partial charge on any atom is -0.445 e. The van der Waals surface area contributed by atoms with Crippen molar-refractivity contribution in [3.05, 3.63) is 66.0 Å². The Bertz CT molecular complexity index is 722. The summed E-state index contributed by atoms with van der Waals surface area (Å²) in [4.78, 5) is 39.1. The van der Waals surface area contributed by atoms with Gasteiger partial charge >= 0.3 is 6.09 Å². The van der Waals surface area contributed by atoms with Crippen LogP contribution >= 0.6 is 0 Å². The van der Waals surface area contributed by atoms with Crippen molar-refractivity contribution in [1.82, 2.24) is 21.2 Å². The van der Waals surface area contributed by atoms with Gasteiger partial charge in [0, 0.05) is 12.4 Å². The number of nitrogens with one attached hydrogen (secondary N) is 3. The first-order chi connectivity index (χ1) is 12.1. The van der Waals surface area contributed by atoms with E-state index in [1.165, 1.54) is 19.3 Å². The van der Waals surface area contributed by atoms with Crippen molar-refractivity contribution >= 4 is 17.9 Å². The Morgan fingerprint density at radius 3 is 2.52 bits per heavy atom. The van der Waals surface area contributed by atoms with E-state index >= 15 is 0 Å². The Kier molecular flexibility index (Phi) is 6.47. The predicted octanol–water partition coefficient (Wildman–Crippen LogP) is 1.16. The number of amides is 3. The summed E-state index contributed by atoms with van der Waals surface area (Å²) in [5.74, 6) is -1.10. The quantitative estimate of drug-likeness (QED) is 0.706. The van der Waals surface area contributed by atoms with Gasteiger partial charge in [-0.2, -0.15) is 0 Å². The Labute approximate surface area is 144 Å². The predicted molar refractivity (Wildman–Crippen MR) is 89.1 cm³/mol. The molecule has 1 aromatic carbocycles. The number of nitrogens with zero attached hydrogens (tertiary/aromatic N) is 1. The van der Waals surface area contributed by atoms with E-state index in [1.807, 2.05) is 30.3 Å². The van der Waals surface area contributed by atoms with E-state index in [4.69, 9.17) is 4.74 Å². The van der Waals surface area contributed by atoms with E-state index in [-0.39, 0.29) is 6.61 Å². The third-order valence-electron chi connectivity index (χ3n) is 3.16. The number of hydrazine groups is 1. The van der Waals surface area contributed by atoms with Gasteiger partial charge in [0.1, 0.15) is 12.6 Å². The first-order valence-electron chi connectivity index (χ1n) is 7.53. The third kappa shape index (κ3) is 5.94. The van der Waals surface area contributed by atoms with Crippen LogP contribution in [-0.4, -0.2) is 28.9 Å².